The van der Waals surface area contributed by atoms with Crippen LogP contribution in [0.4, 0.5) is 5.69 Å². The molecule has 2 atom stereocenters. The van der Waals surface area contributed by atoms with Gasteiger partial charge in [-0.05, 0) is 18.6 Å². The number of hydrogen-bond donors (Lipinski definition) is 0. The van der Waals surface area contributed by atoms with E-state index in [9.17, 15) is 10.1 Å². The SMILES string of the molecule is CC1(C)C(Br)CC1Oc1ccc([N+](=O)[O-])cc1. The average Bonchev–Trinajstić information content (AvgIpc) is 2.29. The lowest BCUT2D eigenvalue weighted by molar-refractivity contribution is -0.384. The predicted molar refractivity (Wildman–Crippen MR) is 68.6 cm³/mol. The van der Waals surface area contributed by atoms with E-state index in [1.54, 1.807) is 12.1 Å². The highest BCUT2D eigenvalue weighted by atomic mass is 79.9. The molecule has 0 aromatic heterocycles. The van der Waals surface area contributed by atoms with Crippen molar-refractivity contribution in [2.75, 3.05) is 0 Å². The summed E-state index contributed by atoms with van der Waals surface area (Å²) in [4.78, 5) is 10.6. The van der Waals surface area contributed by atoms with Crippen molar-refractivity contribution in [3.05, 3.63) is 34.4 Å². The molecule has 1 fully saturated rings. The first-order valence-corrected chi connectivity index (χ1v) is 6.38. The Kier molecular flexibility index (Phi) is 3.12. The van der Waals surface area contributed by atoms with E-state index in [-0.39, 0.29) is 17.2 Å². The smallest absolute Gasteiger partial charge is 0.269 e. The van der Waals surface area contributed by atoms with Crippen LogP contribution in [0.15, 0.2) is 24.3 Å². The molecule has 1 aliphatic carbocycles. The van der Waals surface area contributed by atoms with E-state index in [0.29, 0.717) is 10.6 Å². The molecule has 0 saturated heterocycles. The maximum Gasteiger partial charge on any atom is 0.269 e. The van der Waals surface area contributed by atoms with E-state index < -0.39 is 4.92 Å². The first kappa shape index (κ1) is 12.4. The number of non-ortho nitro benzene ring substituents is 1. The number of benzene rings is 1. The van der Waals surface area contributed by atoms with Crippen LogP contribution < -0.4 is 4.74 Å². The Labute approximate surface area is 108 Å². The molecule has 0 amide bonds. The Morgan fingerprint density at radius 3 is 2.41 bits per heavy atom. The van der Waals surface area contributed by atoms with Crippen molar-refractivity contribution < 1.29 is 9.66 Å². The van der Waals surface area contributed by atoms with Gasteiger partial charge in [-0.3, -0.25) is 10.1 Å². The zero-order valence-corrected chi connectivity index (χ0v) is 11.3. The van der Waals surface area contributed by atoms with Crippen molar-refractivity contribution in [3.8, 4) is 5.75 Å². The number of nitro benzene ring substituents is 1. The standard InChI is InChI=1S/C12H14BrNO3/c1-12(2)10(13)7-11(12)17-9-5-3-8(4-6-9)14(15)16/h3-6,10-11H,7H2,1-2H3. The zero-order valence-electron chi connectivity index (χ0n) is 9.72. The molecule has 2 unspecified atom stereocenters. The second kappa shape index (κ2) is 4.29. The third-order valence-electron chi connectivity index (χ3n) is 3.38. The highest BCUT2D eigenvalue weighted by Crippen LogP contribution is 2.47. The minimum absolute atomic E-state index is 0.0867. The normalized spacial score (nSPS) is 26.1. The lowest BCUT2D eigenvalue weighted by Crippen LogP contribution is -2.53. The summed E-state index contributed by atoms with van der Waals surface area (Å²) in [5, 5.41) is 10.5. The Morgan fingerprint density at radius 1 is 1.41 bits per heavy atom. The van der Waals surface area contributed by atoms with Crippen LogP contribution in [0.25, 0.3) is 0 Å². The number of halogens is 1. The average molecular weight is 300 g/mol. The number of nitrogens with zero attached hydrogens (tertiary/aromatic N) is 1. The van der Waals surface area contributed by atoms with Gasteiger partial charge in [-0.1, -0.05) is 29.8 Å². The van der Waals surface area contributed by atoms with Crippen molar-refractivity contribution >= 4 is 21.6 Å². The Hall–Kier alpha value is -1.10. The van der Waals surface area contributed by atoms with Crippen LogP contribution in [0.3, 0.4) is 0 Å². The van der Waals surface area contributed by atoms with E-state index in [1.807, 2.05) is 0 Å². The van der Waals surface area contributed by atoms with Gasteiger partial charge in [0.25, 0.3) is 5.69 Å². The first-order chi connectivity index (χ1) is 7.91. The van der Waals surface area contributed by atoms with Gasteiger partial charge < -0.3 is 4.74 Å². The molecule has 0 aliphatic heterocycles. The largest absolute Gasteiger partial charge is 0.490 e. The molecule has 0 heterocycles. The molecular weight excluding hydrogens is 286 g/mol. The molecule has 1 aromatic carbocycles. The third-order valence-corrected chi connectivity index (χ3v) is 4.94. The number of nitro groups is 1. The summed E-state index contributed by atoms with van der Waals surface area (Å²) in [6, 6.07) is 6.23. The van der Waals surface area contributed by atoms with Crippen LogP contribution in [0.2, 0.25) is 0 Å². The highest BCUT2D eigenvalue weighted by molar-refractivity contribution is 9.09. The fourth-order valence-corrected chi connectivity index (χ4v) is 2.48. The van der Waals surface area contributed by atoms with Crippen molar-refractivity contribution in [2.24, 2.45) is 5.41 Å². The second-order valence-electron chi connectivity index (χ2n) is 4.88. The van der Waals surface area contributed by atoms with E-state index in [0.717, 1.165) is 6.42 Å². The molecular formula is C12H14BrNO3. The fraction of sp³-hybridized carbons (Fsp3) is 0.500. The number of ether oxygens (including phenoxy) is 1. The Bertz CT molecular complexity index is 430. The summed E-state index contributed by atoms with van der Waals surface area (Å²) in [7, 11) is 0. The molecule has 0 spiro atoms. The van der Waals surface area contributed by atoms with Gasteiger partial charge >= 0.3 is 0 Å². The molecule has 4 nitrogen and oxygen atoms in total. The molecule has 0 N–H and O–H groups in total. The van der Waals surface area contributed by atoms with Gasteiger partial charge in [0.05, 0.1) is 4.92 Å². The zero-order chi connectivity index (χ0) is 12.6. The van der Waals surface area contributed by atoms with Gasteiger partial charge in [0.15, 0.2) is 0 Å². The molecule has 1 saturated carbocycles. The lowest BCUT2D eigenvalue weighted by Gasteiger charge is -2.48. The van der Waals surface area contributed by atoms with Crippen molar-refractivity contribution in [1.29, 1.82) is 0 Å². The maximum atomic E-state index is 10.5. The lowest BCUT2D eigenvalue weighted by atomic mass is 9.69. The molecule has 92 valence electrons. The van der Waals surface area contributed by atoms with E-state index in [1.165, 1.54) is 12.1 Å². The van der Waals surface area contributed by atoms with Crippen LogP contribution >= 0.6 is 15.9 Å². The number of alkyl halides is 1. The Morgan fingerprint density at radius 2 is 2.00 bits per heavy atom. The molecule has 1 aliphatic rings. The van der Waals surface area contributed by atoms with Crippen LogP contribution in [-0.4, -0.2) is 15.9 Å². The van der Waals surface area contributed by atoms with Gasteiger partial charge in [0.1, 0.15) is 11.9 Å². The molecule has 2 rings (SSSR count). The van der Waals surface area contributed by atoms with Crippen LogP contribution in [-0.2, 0) is 0 Å². The predicted octanol–water partition coefficient (Wildman–Crippen LogP) is 3.54. The second-order valence-corrected chi connectivity index (χ2v) is 5.99. The Balaban J connectivity index is 2.03. The van der Waals surface area contributed by atoms with Gasteiger partial charge in [0, 0.05) is 22.4 Å². The first-order valence-electron chi connectivity index (χ1n) is 5.46. The van der Waals surface area contributed by atoms with E-state index >= 15 is 0 Å². The van der Waals surface area contributed by atoms with Crippen molar-refractivity contribution in [3.63, 3.8) is 0 Å². The summed E-state index contributed by atoms with van der Waals surface area (Å²) < 4.78 is 5.82. The summed E-state index contributed by atoms with van der Waals surface area (Å²) in [5.74, 6) is 0.688. The van der Waals surface area contributed by atoms with Gasteiger partial charge in [-0.15, -0.1) is 0 Å². The van der Waals surface area contributed by atoms with Crippen molar-refractivity contribution in [1.82, 2.24) is 0 Å². The molecule has 0 bridgehead atoms. The topological polar surface area (TPSA) is 52.4 Å². The highest BCUT2D eigenvalue weighted by Gasteiger charge is 2.48. The summed E-state index contributed by atoms with van der Waals surface area (Å²) in [5.41, 5.74) is 0.186. The van der Waals surface area contributed by atoms with Gasteiger partial charge in [0.2, 0.25) is 0 Å². The molecule has 0 radical (unpaired) electrons. The van der Waals surface area contributed by atoms with Gasteiger partial charge in [-0.2, -0.15) is 0 Å². The number of hydrogen-bond acceptors (Lipinski definition) is 3. The maximum absolute atomic E-state index is 10.5. The molecule has 17 heavy (non-hydrogen) atoms. The van der Waals surface area contributed by atoms with Gasteiger partial charge in [-0.25, -0.2) is 0 Å². The minimum atomic E-state index is -0.411. The minimum Gasteiger partial charge on any atom is -0.490 e. The van der Waals surface area contributed by atoms with Crippen LogP contribution in [0.1, 0.15) is 20.3 Å². The van der Waals surface area contributed by atoms with E-state index in [4.69, 9.17) is 4.74 Å². The number of rotatable bonds is 3. The van der Waals surface area contributed by atoms with Crippen LogP contribution in [0, 0.1) is 15.5 Å². The monoisotopic (exact) mass is 299 g/mol. The fourth-order valence-electron chi connectivity index (χ4n) is 1.85. The summed E-state index contributed by atoms with van der Waals surface area (Å²) >= 11 is 3.60. The molecule has 5 heteroatoms. The summed E-state index contributed by atoms with van der Waals surface area (Å²) in [6.07, 6.45) is 1.12. The van der Waals surface area contributed by atoms with E-state index in [2.05, 4.69) is 29.8 Å². The third kappa shape index (κ3) is 2.29. The molecule has 1 aromatic rings. The quantitative estimate of drug-likeness (QED) is 0.487. The van der Waals surface area contributed by atoms with Crippen LogP contribution in [0.5, 0.6) is 5.75 Å². The van der Waals surface area contributed by atoms with Crippen molar-refractivity contribution in [2.45, 2.75) is 31.2 Å². The summed E-state index contributed by atoms with van der Waals surface area (Å²) in [6.45, 7) is 4.29.